The van der Waals surface area contributed by atoms with E-state index in [1.807, 2.05) is 11.8 Å². The Balaban J connectivity index is 1.95. The summed E-state index contributed by atoms with van der Waals surface area (Å²) in [7, 11) is 1.59. The quantitative estimate of drug-likeness (QED) is 0.719. The van der Waals surface area contributed by atoms with Gasteiger partial charge in [0, 0.05) is 32.3 Å². The number of carbonyl (C=O) groups excluding carboxylic acids is 1. The number of rotatable bonds is 2. The normalized spacial score (nSPS) is 32.5. The van der Waals surface area contributed by atoms with Crippen molar-refractivity contribution in [2.45, 2.75) is 44.4 Å². The third kappa shape index (κ3) is 2.32. The van der Waals surface area contributed by atoms with Gasteiger partial charge < -0.3 is 15.0 Å². The van der Waals surface area contributed by atoms with Crippen LogP contribution in [0.25, 0.3) is 0 Å². The number of fused-ring (bicyclic) bond motifs is 2. The Morgan fingerprint density at radius 1 is 1.40 bits per heavy atom. The molecule has 1 amide bonds. The van der Waals surface area contributed by atoms with E-state index >= 15 is 0 Å². The van der Waals surface area contributed by atoms with Crippen LogP contribution in [0.5, 0.6) is 0 Å². The highest BCUT2D eigenvalue weighted by Gasteiger charge is 2.32. The largest absolute Gasteiger partial charge is 0.372 e. The van der Waals surface area contributed by atoms with E-state index in [0.29, 0.717) is 12.1 Å². The number of likely N-dealkylation sites (tertiary alicyclic amines) is 1. The van der Waals surface area contributed by atoms with Gasteiger partial charge in [-0.1, -0.05) is 0 Å². The van der Waals surface area contributed by atoms with Crippen molar-refractivity contribution in [3.05, 3.63) is 0 Å². The van der Waals surface area contributed by atoms with Crippen LogP contribution in [-0.4, -0.2) is 49.2 Å². The maximum atomic E-state index is 11.9. The topological polar surface area (TPSA) is 41.6 Å². The molecule has 0 saturated carbocycles. The molecule has 2 aliphatic rings. The minimum absolute atomic E-state index is 0.131. The number of ether oxygens (including phenoxy) is 1. The third-order valence-corrected chi connectivity index (χ3v) is 3.54. The molecule has 86 valence electrons. The fourth-order valence-corrected chi connectivity index (χ4v) is 2.50. The van der Waals surface area contributed by atoms with Gasteiger partial charge in [0.05, 0.1) is 0 Å². The first-order valence-electron chi connectivity index (χ1n) is 5.78. The number of hydrogen-bond donors (Lipinski definition) is 1. The summed E-state index contributed by atoms with van der Waals surface area (Å²) in [5, 5.41) is 3.56. The zero-order valence-electron chi connectivity index (χ0n) is 9.53. The lowest BCUT2D eigenvalue weighted by Gasteiger charge is -2.26. The van der Waals surface area contributed by atoms with Gasteiger partial charge in [-0.15, -0.1) is 0 Å². The molecule has 0 aromatic carbocycles. The van der Waals surface area contributed by atoms with Crippen LogP contribution >= 0.6 is 0 Å². The van der Waals surface area contributed by atoms with Crippen molar-refractivity contribution in [1.82, 2.24) is 10.2 Å². The number of amides is 1. The fourth-order valence-electron chi connectivity index (χ4n) is 2.50. The Morgan fingerprint density at radius 2 is 2.13 bits per heavy atom. The van der Waals surface area contributed by atoms with Crippen LogP contribution in [0.3, 0.4) is 0 Å². The van der Waals surface area contributed by atoms with Gasteiger partial charge in [0.15, 0.2) is 0 Å². The fraction of sp³-hybridized carbons (Fsp3) is 0.909. The van der Waals surface area contributed by atoms with Crippen LogP contribution in [-0.2, 0) is 9.53 Å². The third-order valence-electron chi connectivity index (χ3n) is 3.54. The molecule has 4 heteroatoms. The molecule has 4 nitrogen and oxygen atoms in total. The van der Waals surface area contributed by atoms with Crippen LogP contribution in [0, 0.1) is 0 Å². The summed E-state index contributed by atoms with van der Waals surface area (Å²) in [5.74, 6) is 0.131. The molecule has 2 aliphatic heterocycles. The zero-order chi connectivity index (χ0) is 10.8. The van der Waals surface area contributed by atoms with Gasteiger partial charge in [0.2, 0.25) is 0 Å². The van der Waals surface area contributed by atoms with Crippen molar-refractivity contribution in [2.24, 2.45) is 0 Å². The Hall–Kier alpha value is -0.610. The predicted octanol–water partition coefficient (Wildman–Crippen LogP) is 0.374. The van der Waals surface area contributed by atoms with Crippen LogP contribution in [0.15, 0.2) is 0 Å². The second-order valence-corrected chi connectivity index (χ2v) is 4.59. The van der Waals surface area contributed by atoms with E-state index in [4.69, 9.17) is 4.74 Å². The zero-order valence-corrected chi connectivity index (χ0v) is 9.53. The molecule has 0 aromatic rings. The lowest BCUT2D eigenvalue weighted by Crippen LogP contribution is -2.43. The molecular weight excluding hydrogens is 192 g/mol. The van der Waals surface area contributed by atoms with E-state index in [9.17, 15) is 4.79 Å². The van der Waals surface area contributed by atoms with E-state index in [1.165, 1.54) is 12.8 Å². The molecule has 0 aromatic heterocycles. The first kappa shape index (κ1) is 10.9. The molecule has 2 heterocycles. The Kier molecular flexibility index (Phi) is 3.26. The summed E-state index contributed by atoms with van der Waals surface area (Å²) in [6.07, 6.45) is 3.25. The van der Waals surface area contributed by atoms with Gasteiger partial charge in [-0.25, -0.2) is 0 Å². The number of carbonyl (C=O) groups is 1. The molecule has 3 unspecified atom stereocenters. The highest BCUT2D eigenvalue weighted by molar-refractivity contribution is 5.80. The first-order valence-corrected chi connectivity index (χ1v) is 5.78. The standard InChI is InChI=1S/C11H20N2O2/c1-8(15-2)11(14)13-6-5-9-3-4-10(7-13)12-9/h8-10,12H,3-7H2,1-2H3. The van der Waals surface area contributed by atoms with Crippen molar-refractivity contribution in [2.75, 3.05) is 20.2 Å². The van der Waals surface area contributed by atoms with Crippen LogP contribution in [0.4, 0.5) is 0 Å². The Morgan fingerprint density at radius 3 is 2.87 bits per heavy atom. The maximum absolute atomic E-state index is 11.9. The summed E-state index contributed by atoms with van der Waals surface area (Å²) in [6, 6.07) is 1.14. The average Bonchev–Trinajstić information content (AvgIpc) is 2.56. The molecule has 0 aliphatic carbocycles. The lowest BCUT2D eigenvalue weighted by molar-refractivity contribution is -0.141. The molecule has 2 fully saturated rings. The van der Waals surface area contributed by atoms with Crippen molar-refractivity contribution >= 4 is 5.91 Å². The lowest BCUT2D eigenvalue weighted by atomic mass is 10.1. The van der Waals surface area contributed by atoms with E-state index in [2.05, 4.69) is 5.32 Å². The molecule has 15 heavy (non-hydrogen) atoms. The van der Waals surface area contributed by atoms with E-state index < -0.39 is 0 Å². The van der Waals surface area contributed by atoms with Crippen molar-refractivity contribution < 1.29 is 9.53 Å². The molecule has 2 saturated heterocycles. The second-order valence-electron chi connectivity index (χ2n) is 4.59. The highest BCUT2D eigenvalue weighted by atomic mass is 16.5. The number of nitrogens with zero attached hydrogens (tertiary/aromatic N) is 1. The Labute approximate surface area is 91.0 Å². The minimum Gasteiger partial charge on any atom is -0.372 e. The van der Waals surface area contributed by atoms with Crippen LogP contribution in [0.1, 0.15) is 26.2 Å². The average molecular weight is 212 g/mol. The van der Waals surface area contributed by atoms with Gasteiger partial charge >= 0.3 is 0 Å². The van der Waals surface area contributed by atoms with E-state index in [0.717, 1.165) is 19.5 Å². The van der Waals surface area contributed by atoms with Crippen LogP contribution in [0.2, 0.25) is 0 Å². The SMILES string of the molecule is COC(C)C(=O)N1CCC2CCC(C1)N2. The van der Waals surface area contributed by atoms with Crippen molar-refractivity contribution in [1.29, 1.82) is 0 Å². The second kappa shape index (κ2) is 4.49. The molecule has 0 spiro atoms. The molecule has 3 atom stereocenters. The summed E-state index contributed by atoms with van der Waals surface area (Å²) in [4.78, 5) is 13.9. The highest BCUT2D eigenvalue weighted by Crippen LogP contribution is 2.20. The smallest absolute Gasteiger partial charge is 0.251 e. The molecule has 2 rings (SSSR count). The summed E-state index contributed by atoms with van der Waals surface area (Å²) < 4.78 is 5.07. The molecule has 1 N–H and O–H groups in total. The van der Waals surface area contributed by atoms with E-state index in [1.54, 1.807) is 7.11 Å². The molecular formula is C11H20N2O2. The number of hydrogen-bond acceptors (Lipinski definition) is 3. The predicted molar refractivity (Wildman–Crippen MR) is 57.6 cm³/mol. The number of methoxy groups -OCH3 is 1. The molecule has 2 bridgehead atoms. The number of nitrogens with one attached hydrogen (secondary N) is 1. The van der Waals surface area contributed by atoms with Gasteiger partial charge in [-0.2, -0.15) is 0 Å². The Bertz CT molecular complexity index is 245. The van der Waals surface area contributed by atoms with Gasteiger partial charge in [0.1, 0.15) is 6.10 Å². The maximum Gasteiger partial charge on any atom is 0.251 e. The van der Waals surface area contributed by atoms with Crippen molar-refractivity contribution in [3.63, 3.8) is 0 Å². The van der Waals surface area contributed by atoms with Crippen LogP contribution < -0.4 is 5.32 Å². The monoisotopic (exact) mass is 212 g/mol. The van der Waals surface area contributed by atoms with E-state index in [-0.39, 0.29) is 12.0 Å². The minimum atomic E-state index is -0.304. The van der Waals surface area contributed by atoms with Gasteiger partial charge in [0.25, 0.3) is 5.91 Å². The first-order chi connectivity index (χ1) is 7.20. The summed E-state index contributed by atoms with van der Waals surface area (Å²) in [6.45, 7) is 3.54. The van der Waals surface area contributed by atoms with Gasteiger partial charge in [-0.05, 0) is 26.2 Å². The van der Waals surface area contributed by atoms with Gasteiger partial charge in [-0.3, -0.25) is 4.79 Å². The molecule has 0 radical (unpaired) electrons. The summed E-state index contributed by atoms with van der Waals surface area (Å²) >= 11 is 0. The summed E-state index contributed by atoms with van der Waals surface area (Å²) in [5.41, 5.74) is 0. The van der Waals surface area contributed by atoms with Crippen molar-refractivity contribution in [3.8, 4) is 0 Å².